The van der Waals surface area contributed by atoms with E-state index < -0.39 is 0 Å². The maximum absolute atomic E-state index is 12.2. The molecule has 1 aromatic carbocycles. The first kappa shape index (κ1) is 13.8. The standard InChI is InChI=1S/C16H17N3O/c1-3-9-17-13-8-10-18-15(11-13)16(20)19-14-7-5-4-6-12(14)2/h3-8,10-11H,1,9H2,2H3,(H,17,18)(H,19,20). The van der Waals surface area contributed by atoms with Gasteiger partial charge < -0.3 is 10.6 Å². The summed E-state index contributed by atoms with van der Waals surface area (Å²) < 4.78 is 0. The number of nitrogens with one attached hydrogen (secondary N) is 2. The van der Waals surface area contributed by atoms with Crippen molar-refractivity contribution in [1.82, 2.24) is 4.98 Å². The van der Waals surface area contributed by atoms with Crippen molar-refractivity contribution >= 4 is 17.3 Å². The highest BCUT2D eigenvalue weighted by Crippen LogP contribution is 2.15. The van der Waals surface area contributed by atoms with E-state index in [0.29, 0.717) is 12.2 Å². The van der Waals surface area contributed by atoms with Crippen LogP contribution in [0.2, 0.25) is 0 Å². The number of hydrogen-bond acceptors (Lipinski definition) is 3. The fourth-order valence-electron chi connectivity index (χ4n) is 1.75. The van der Waals surface area contributed by atoms with E-state index in [1.807, 2.05) is 37.3 Å². The van der Waals surface area contributed by atoms with Crippen LogP contribution in [0.25, 0.3) is 0 Å². The van der Waals surface area contributed by atoms with E-state index >= 15 is 0 Å². The van der Waals surface area contributed by atoms with E-state index in [1.165, 1.54) is 0 Å². The topological polar surface area (TPSA) is 54.0 Å². The fourth-order valence-corrected chi connectivity index (χ4v) is 1.75. The Morgan fingerprint density at radius 1 is 1.35 bits per heavy atom. The largest absolute Gasteiger partial charge is 0.381 e. The summed E-state index contributed by atoms with van der Waals surface area (Å²) in [6.45, 7) is 6.23. The highest BCUT2D eigenvalue weighted by Gasteiger charge is 2.09. The van der Waals surface area contributed by atoms with Crippen LogP contribution in [0.4, 0.5) is 11.4 Å². The Balaban J connectivity index is 2.13. The summed E-state index contributed by atoms with van der Waals surface area (Å²) in [4.78, 5) is 16.3. The van der Waals surface area contributed by atoms with Crippen molar-refractivity contribution in [2.45, 2.75) is 6.92 Å². The third kappa shape index (κ3) is 3.45. The second-order valence-corrected chi connectivity index (χ2v) is 4.37. The molecule has 0 saturated heterocycles. The molecule has 2 aromatic rings. The van der Waals surface area contributed by atoms with Crippen LogP contribution in [0.15, 0.2) is 55.3 Å². The summed E-state index contributed by atoms with van der Waals surface area (Å²) in [6.07, 6.45) is 3.37. The van der Waals surface area contributed by atoms with Crippen molar-refractivity contribution in [2.75, 3.05) is 17.2 Å². The molecule has 0 unspecified atom stereocenters. The van der Waals surface area contributed by atoms with E-state index in [4.69, 9.17) is 0 Å². The van der Waals surface area contributed by atoms with Crippen LogP contribution in [-0.4, -0.2) is 17.4 Å². The minimum atomic E-state index is -0.221. The van der Waals surface area contributed by atoms with E-state index in [0.717, 1.165) is 16.9 Å². The first-order valence-electron chi connectivity index (χ1n) is 6.38. The SMILES string of the molecule is C=CCNc1ccnc(C(=O)Nc2ccccc2C)c1. The Morgan fingerprint density at radius 3 is 2.90 bits per heavy atom. The molecule has 102 valence electrons. The zero-order valence-electron chi connectivity index (χ0n) is 11.4. The van der Waals surface area contributed by atoms with Gasteiger partial charge in [-0.15, -0.1) is 6.58 Å². The average Bonchev–Trinajstić information content (AvgIpc) is 2.48. The summed E-state index contributed by atoms with van der Waals surface area (Å²) in [7, 11) is 0. The van der Waals surface area contributed by atoms with Crippen LogP contribution in [0.1, 0.15) is 16.1 Å². The second-order valence-electron chi connectivity index (χ2n) is 4.37. The molecule has 1 amide bonds. The molecule has 1 heterocycles. The van der Waals surface area contributed by atoms with Gasteiger partial charge >= 0.3 is 0 Å². The van der Waals surface area contributed by atoms with Gasteiger partial charge in [-0.25, -0.2) is 0 Å². The van der Waals surface area contributed by atoms with Gasteiger partial charge in [0.05, 0.1) is 0 Å². The van der Waals surface area contributed by atoms with Crippen molar-refractivity contribution in [1.29, 1.82) is 0 Å². The number of aromatic nitrogens is 1. The molecule has 0 spiro atoms. The monoisotopic (exact) mass is 267 g/mol. The fraction of sp³-hybridized carbons (Fsp3) is 0.125. The van der Waals surface area contributed by atoms with Crippen molar-refractivity contribution < 1.29 is 4.79 Å². The van der Waals surface area contributed by atoms with Gasteiger partial charge in [0.2, 0.25) is 0 Å². The molecule has 0 atom stereocenters. The highest BCUT2D eigenvalue weighted by atomic mass is 16.1. The predicted molar refractivity (Wildman–Crippen MR) is 82.1 cm³/mol. The van der Waals surface area contributed by atoms with Gasteiger partial charge in [-0.3, -0.25) is 9.78 Å². The Kier molecular flexibility index (Phi) is 4.50. The third-order valence-electron chi connectivity index (χ3n) is 2.84. The molecule has 4 heteroatoms. The van der Waals surface area contributed by atoms with Gasteiger partial charge in [-0.05, 0) is 30.7 Å². The number of aryl methyl sites for hydroxylation is 1. The van der Waals surface area contributed by atoms with Gasteiger partial charge in [-0.1, -0.05) is 24.3 Å². The number of amides is 1. The van der Waals surface area contributed by atoms with Gasteiger partial charge in [0.15, 0.2) is 0 Å². The van der Waals surface area contributed by atoms with Crippen LogP contribution < -0.4 is 10.6 Å². The molecule has 0 bridgehead atoms. The van der Waals surface area contributed by atoms with Crippen LogP contribution in [-0.2, 0) is 0 Å². The summed E-state index contributed by atoms with van der Waals surface area (Å²) in [5, 5.41) is 5.99. The normalized spacial score (nSPS) is 9.85. The lowest BCUT2D eigenvalue weighted by atomic mass is 10.2. The number of benzene rings is 1. The number of carbonyl (C=O) groups excluding carboxylic acids is 1. The van der Waals surface area contributed by atoms with Crippen LogP contribution in [0.5, 0.6) is 0 Å². The lowest BCUT2D eigenvalue weighted by Crippen LogP contribution is -2.14. The maximum Gasteiger partial charge on any atom is 0.274 e. The van der Waals surface area contributed by atoms with Crippen LogP contribution >= 0.6 is 0 Å². The molecular weight excluding hydrogens is 250 g/mol. The molecule has 0 aliphatic rings. The van der Waals surface area contributed by atoms with E-state index in [9.17, 15) is 4.79 Å². The number of carbonyl (C=O) groups is 1. The number of para-hydroxylation sites is 1. The maximum atomic E-state index is 12.2. The second kappa shape index (κ2) is 6.52. The van der Waals surface area contributed by atoms with E-state index in [-0.39, 0.29) is 5.91 Å². The van der Waals surface area contributed by atoms with Crippen molar-refractivity contribution in [3.8, 4) is 0 Å². The third-order valence-corrected chi connectivity index (χ3v) is 2.84. The molecule has 4 nitrogen and oxygen atoms in total. The summed E-state index contributed by atoms with van der Waals surface area (Å²) in [5.41, 5.74) is 3.03. The molecule has 2 N–H and O–H groups in total. The van der Waals surface area contributed by atoms with Crippen molar-refractivity contribution in [2.24, 2.45) is 0 Å². The Morgan fingerprint density at radius 2 is 2.15 bits per heavy atom. The van der Waals surface area contributed by atoms with Gasteiger partial charge in [0.1, 0.15) is 5.69 Å². The van der Waals surface area contributed by atoms with E-state index in [1.54, 1.807) is 18.3 Å². The molecule has 0 aliphatic heterocycles. The number of hydrogen-bond donors (Lipinski definition) is 2. The van der Waals surface area contributed by atoms with Crippen LogP contribution in [0, 0.1) is 6.92 Å². The molecule has 0 fully saturated rings. The zero-order valence-corrected chi connectivity index (χ0v) is 11.4. The smallest absolute Gasteiger partial charge is 0.274 e. The molecule has 20 heavy (non-hydrogen) atoms. The average molecular weight is 267 g/mol. The number of nitrogens with zero attached hydrogens (tertiary/aromatic N) is 1. The van der Waals surface area contributed by atoms with Gasteiger partial charge in [0, 0.05) is 24.1 Å². The minimum absolute atomic E-state index is 0.221. The Labute approximate surface area is 118 Å². The molecular formula is C16H17N3O. The first-order valence-corrected chi connectivity index (χ1v) is 6.38. The van der Waals surface area contributed by atoms with Gasteiger partial charge in [-0.2, -0.15) is 0 Å². The molecule has 0 saturated carbocycles. The number of anilines is 2. The number of pyridine rings is 1. The summed E-state index contributed by atoms with van der Waals surface area (Å²) in [5.74, 6) is -0.221. The minimum Gasteiger partial charge on any atom is -0.381 e. The summed E-state index contributed by atoms with van der Waals surface area (Å²) in [6, 6.07) is 11.2. The molecule has 0 radical (unpaired) electrons. The lowest BCUT2D eigenvalue weighted by molar-refractivity contribution is 0.102. The van der Waals surface area contributed by atoms with E-state index in [2.05, 4.69) is 22.2 Å². The number of rotatable bonds is 5. The molecule has 2 rings (SSSR count). The first-order chi connectivity index (χ1) is 9.70. The Bertz CT molecular complexity index is 623. The molecule has 0 aliphatic carbocycles. The lowest BCUT2D eigenvalue weighted by Gasteiger charge is -2.09. The van der Waals surface area contributed by atoms with Gasteiger partial charge in [0.25, 0.3) is 5.91 Å². The molecule has 1 aromatic heterocycles. The predicted octanol–water partition coefficient (Wildman–Crippen LogP) is 3.24. The van der Waals surface area contributed by atoms with Crippen molar-refractivity contribution in [3.63, 3.8) is 0 Å². The highest BCUT2D eigenvalue weighted by molar-refractivity contribution is 6.03. The zero-order chi connectivity index (χ0) is 14.4. The summed E-state index contributed by atoms with van der Waals surface area (Å²) >= 11 is 0. The quantitative estimate of drug-likeness (QED) is 0.818. The van der Waals surface area contributed by atoms with Crippen LogP contribution in [0.3, 0.4) is 0 Å². The Hall–Kier alpha value is -2.62. The van der Waals surface area contributed by atoms with Crippen molar-refractivity contribution in [3.05, 3.63) is 66.5 Å².